The number of aromatic nitrogens is 9. The molecule has 11 heteroatoms. The number of azo groups is 1. The average molecular weight is 427 g/mol. The highest BCUT2D eigenvalue weighted by Gasteiger charge is 2.27. The van der Waals surface area contributed by atoms with Crippen LogP contribution >= 0.6 is 0 Å². The molecule has 0 atom stereocenters. The summed E-state index contributed by atoms with van der Waals surface area (Å²) in [6.07, 6.45) is 4.52. The zero-order chi connectivity index (χ0) is 22.3. The Morgan fingerprint density at radius 3 is 2.47 bits per heavy atom. The van der Waals surface area contributed by atoms with Gasteiger partial charge in [-0.25, -0.2) is 4.98 Å². The molecule has 0 bridgehead atoms. The van der Waals surface area contributed by atoms with E-state index in [4.69, 9.17) is 5.10 Å². The van der Waals surface area contributed by atoms with E-state index in [-0.39, 0.29) is 5.41 Å². The molecule has 1 N–H and O–H groups in total. The van der Waals surface area contributed by atoms with Crippen LogP contribution in [0.5, 0.6) is 0 Å². The van der Waals surface area contributed by atoms with Crippen LogP contribution in [0.25, 0.3) is 23.0 Å². The molecule has 0 saturated heterocycles. The molecule has 0 aliphatic rings. The number of rotatable bonds is 4. The van der Waals surface area contributed by atoms with Crippen LogP contribution in [0.15, 0.2) is 59.4 Å². The Kier molecular flexibility index (Phi) is 4.58. The van der Waals surface area contributed by atoms with E-state index in [1.54, 1.807) is 10.7 Å². The molecule has 11 nitrogen and oxygen atoms in total. The van der Waals surface area contributed by atoms with Crippen LogP contribution in [-0.4, -0.2) is 44.5 Å². The normalized spacial score (nSPS) is 12.2. The molecule has 32 heavy (non-hydrogen) atoms. The van der Waals surface area contributed by atoms with Crippen molar-refractivity contribution in [3.63, 3.8) is 0 Å². The Morgan fingerprint density at radius 2 is 1.75 bits per heavy atom. The molecule has 5 aromatic rings. The van der Waals surface area contributed by atoms with Gasteiger partial charge in [0.2, 0.25) is 0 Å². The average Bonchev–Trinajstić information content (AvgIpc) is 3.47. The van der Waals surface area contributed by atoms with Gasteiger partial charge in [0, 0.05) is 16.5 Å². The first kappa shape index (κ1) is 19.7. The molecule has 0 fully saturated rings. The highest BCUT2D eigenvalue weighted by molar-refractivity contribution is 5.71. The molecule has 4 aromatic heterocycles. The molecule has 0 aliphatic carbocycles. The fourth-order valence-corrected chi connectivity index (χ4v) is 3.32. The largest absolute Gasteiger partial charge is 0.257 e. The van der Waals surface area contributed by atoms with Gasteiger partial charge in [-0.1, -0.05) is 51.1 Å². The van der Waals surface area contributed by atoms with Crippen molar-refractivity contribution in [2.75, 3.05) is 0 Å². The molecule has 0 radical (unpaired) electrons. The standard InChI is InChI=1S/C21H21N11/c1-13-10-25-32(20-23-11-22-12-24-20)17(13)27-26-15-16(21(2,3)4)30-31-18(28-29-19(15)31)14-8-6-5-7-9-14/h5-12,29H,1-4H3/b27-26+. The summed E-state index contributed by atoms with van der Waals surface area (Å²) in [6.45, 7) is 8.16. The summed E-state index contributed by atoms with van der Waals surface area (Å²) >= 11 is 0. The molecule has 0 spiro atoms. The third kappa shape index (κ3) is 3.33. The van der Waals surface area contributed by atoms with E-state index >= 15 is 0 Å². The zero-order valence-corrected chi connectivity index (χ0v) is 18.1. The lowest BCUT2D eigenvalue weighted by Gasteiger charge is -2.15. The molecular formula is C21H21N11. The highest BCUT2D eigenvalue weighted by atomic mass is 15.4. The maximum atomic E-state index is 4.84. The van der Waals surface area contributed by atoms with E-state index in [1.807, 2.05) is 37.3 Å². The van der Waals surface area contributed by atoms with E-state index in [0.29, 0.717) is 28.9 Å². The predicted molar refractivity (Wildman–Crippen MR) is 117 cm³/mol. The predicted octanol–water partition coefficient (Wildman–Crippen LogP) is 4.12. The Hall–Kier alpha value is -4.28. The summed E-state index contributed by atoms with van der Waals surface area (Å²) in [6, 6.07) is 9.89. The van der Waals surface area contributed by atoms with Crippen LogP contribution in [0, 0.1) is 6.92 Å². The van der Waals surface area contributed by atoms with Crippen molar-refractivity contribution in [2.24, 2.45) is 10.2 Å². The van der Waals surface area contributed by atoms with Crippen molar-refractivity contribution >= 4 is 17.2 Å². The minimum atomic E-state index is -0.265. The molecule has 0 amide bonds. The Balaban J connectivity index is 1.65. The smallest absolute Gasteiger partial charge is 0.255 e. The van der Waals surface area contributed by atoms with Gasteiger partial charge < -0.3 is 0 Å². The van der Waals surface area contributed by atoms with Crippen LogP contribution in [0.4, 0.5) is 11.5 Å². The number of benzene rings is 1. The van der Waals surface area contributed by atoms with Crippen molar-refractivity contribution in [3.05, 3.63) is 60.4 Å². The summed E-state index contributed by atoms with van der Waals surface area (Å²) in [5, 5.41) is 25.8. The monoisotopic (exact) mass is 427 g/mol. The van der Waals surface area contributed by atoms with Gasteiger partial charge in [-0.05, 0) is 6.92 Å². The SMILES string of the molecule is Cc1cnn(-c2ncncn2)c1/N=N/c1c(C(C)(C)C)nn2c(-c3ccccc3)n[nH]c12. The number of hydrogen-bond donors (Lipinski definition) is 1. The van der Waals surface area contributed by atoms with Crippen LogP contribution < -0.4 is 0 Å². The third-order valence-electron chi connectivity index (χ3n) is 4.91. The van der Waals surface area contributed by atoms with Gasteiger partial charge in [0.15, 0.2) is 23.0 Å². The van der Waals surface area contributed by atoms with Gasteiger partial charge in [-0.15, -0.1) is 10.2 Å². The van der Waals surface area contributed by atoms with E-state index in [2.05, 4.69) is 61.2 Å². The van der Waals surface area contributed by atoms with E-state index in [9.17, 15) is 0 Å². The van der Waals surface area contributed by atoms with Crippen molar-refractivity contribution in [1.82, 2.24) is 44.5 Å². The van der Waals surface area contributed by atoms with Gasteiger partial charge in [-0.2, -0.15) is 34.5 Å². The van der Waals surface area contributed by atoms with Crippen LogP contribution in [-0.2, 0) is 5.41 Å². The minimum absolute atomic E-state index is 0.265. The van der Waals surface area contributed by atoms with Crippen LogP contribution in [0.1, 0.15) is 32.0 Å². The molecule has 0 aliphatic heterocycles. The summed E-state index contributed by atoms with van der Waals surface area (Å²) in [5.41, 5.74) is 3.62. The highest BCUT2D eigenvalue weighted by Crippen LogP contribution is 2.36. The fraction of sp³-hybridized carbons (Fsp3) is 0.238. The van der Waals surface area contributed by atoms with Crippen LogP contribution in [0.3, 0.4) is 0 Å². The van der Waals surface area contributed by atoms with Crippen molar-refractivity contribution < 1.29 is 0 Å². The van der Waals surface area contributed by atoms with Crippen molar-refractivity contribution in [3.8, 4) is 17.3 Å². The topological polar surface area (TPSA) is 127 Å². The first-order valence-electron chi connectivity index (χ1n) is 10.1. The number of nitrogens with one attached hydrogen (secondary N) is 1. The number of aromatic amines is 1. The van der Waals surface area contributed by atoms with Crippen molar-refractivity contribution in [2.45, 2.75) is 33.1 Å². The second kappa shape index (κ2) is 7.45. The summed E-state index contributed by atoms with van der Waals surface area (Å²) in [4.78, 5) is 12.2. The van der Waals surface area contributed by atoms with Gasteiger partial charge in [0.1, 0.15) is 12.7 Å². The molecule has 0 unspecified atom stereocenters. The number of hydrogen-bond acceptors (Lipinski definition) is 8. The van der Waals surface area contributed by atoms with E-state index < -0.39 is 0 Å². The Morgan fingerprint density at radius 1 is 1.00 bits per heavy atom. The summed E-state index contributed by atoms with van der Waals surface area (Å²) in [7, 11) is 0. The van der Waals surface area contributed by atoms with Gasteiger partial charge >= 0.3 is 0 Å². The molecule has 4 heterocycles. The summed E-state index contributed by atoms with van der Waals surface area (Å²) in [5.74, 6) is 1.60. The second-order valence-corrected chi connectivity index (χ2v) is 8.32. The van der Waals surface area contributed by atoms with E-state index in [1.165, 1.54) is 17.3 Å². The maximum Gasteiger partial charge on any atom is 0.255 e. The van der Waals surface area contributed by atoms with Gasteiger partial charge in [0.25, 0.3) is 5.95 Å². The van der Waals surface area contributed by atoms with Crippen LogP contribution in [0.2, 0.25) is 0 Å². The first-order chi connectivity index (χ1) is 15.4. The lowest BCUT2D eigenvalue weighted by atomic mass is 9.91. The third-order valence-corrected chi connectivity index (χ3v) is 4.91. The quantitative estimate of drug-likeness (QED) is 0.430. The molecule has 160 valence electrons. The maximum absolute atomic E-state index is 4.84. The number of fused-ring (bicyclic) bond motifs is 1. The van der Waals surface area contributed by atoms with E-state index in [0.717, 1.165) is 16.8 Å². The number of aryl methyl sites for hydroxylation is 1. The molecule has 5 rings (SSSR count). The molecule has 1 aromatic carbocycles. The zero-order valence-electron chi connectivity index (χ0n) is 18.1. The Bertz CT molecular complexity index is 1400. The number of nitrogens with zero attached hydrogens (tertiary/aromatic N) is 10. The first-order valence-corrected chi connectivity index (χ1v) is 10.1. The van der Waals surface area contributed by atoms with Crippen molar-refractivity contribution in [1.29, 1.82) is 0 Å². The van der Waals surface area contributed by atoms with Gasteiger partial charge in [-0.3, -0.25) is 5.10 Å². The second-order valence-electron chi connectivity index (χ2n) is 8.32. The molecular weight excluding hydrogens is 406 g/mol. The van der Waals surface area contributed by atoms with Gasteiger partial charge in [0.05, 0.1) is 11.9 Å². The lowest BCUT2D eigenvalue weighted by molar-refractivity contribution is 0.563. The summed E-state index contributed by atoms with van der Waals surface area (Å²) < 4.78 is 3.31. The number of H-pyrrole nitrogens is 1. The lowest BCUT2D eigenvalue weighted by Crippen LogP contribution is -2.12. The molecule has 0 saturated carbocycles. The minimum Gasteiger partial charge on any atom is -0.257 e. The Labute approximate surface area is 183 Å². The fourth-order valence-electron chi connectivity index (χ4n) is 3.32.